The Hall–Kier alpha value is -2.98. The van der Waals surface area contributed by atoms with E-state index < -0.39 is 0 Å². The van der Waals surface area contributed by atoms with Crippen LogP contribution >= 0.6 is 11.8 Å². The van der Waals surface area contributed by atoms with Gasteiger partial charge >= 0.3 is 0 Å². The molecule has 0 spiro atoms. The third-order valence-electron chi connectivity index (χ3n) is 4.44. The van der Waals surface area contributed by atoms with E-state index in [4.69, 9.17) is 10.00 Å². The SMILES string of the molecule is CCOc1ccc2nc(SC(C)C(=O)N(CCC#N)c3ccc(C)cc3)[nH]c2c1. The van der Waals surface area contributed by atoms with Crippen molar-refractivity contribution in [2.24, 2.45) is 0 Å². The average molecular weight is 409 g/mol. The number of nitrogens with zero attached hydrogens (tertiary/aromatic N) is 3. The molecule has 1 amide bonds. The van der Waals surface area contributed by atoms with Gasteiger partial charge in [0.25, 0.3) is 0 Å². The first-order chi connectivity index (χ1) is 14.0. The van der Waals surface area contributed by atoms with Crippen LogP contribution in [0.5, 0.6) is 5.75 Å². The van der Waals surface area contributed by atoms with E-state index >= 15 is 0 Å². The number of anilines is 1. The van der Waals surface area contributed by atoms with E-state index in [1.165, 1.54) is 11.8 Å². The Kier molecular flexibility index (Phi) is 6.78. The summed E-state index contributed by atoms with van der Waals surface area (Å²) in [7, 11) is 0. The molecule has 0 aliphatic rings. The summed E-state index contributed by atoms with van der Waals surface area (Å²) in [6.07, 6.45) is 0.280. The Balaban J connectivity index is 1.77. The number of ether oxygens (including phenoxy) is 1. The van der Waals surface area contributed by atoms with E-state index in [2.05, 4.69) is 16.0 Å². The number of carbonyl (C=O) groups excluding carboxylic acids is 1. The molecule has 0 aliphatic heterocycles. The molecule has 0 radical (unpaired) electrons. The summed E-state index contributed by atoms with van der Waals surface area (Å²) in [6.45, 7) is 6.77. The van der Waals surface area contributed by atoms with Gasteiger partial charge in [-0.05, 0) is 45.0 Å². The lowest BCUT2D eigenvalue weighted by atomic mass is 10.2. The molecule has 0 saturated carbocycles. The highest BCUT2D eigenvalue weighted by Gasteiger charge is 2.24. The molecular formula is C22H24N4O2S. The Labute approximate surface area is 174 Å². The molecule has 2 aromatic carbocycles. The van der Waals surface area contributed by atoms with Crippen molar-refractivity contribution in [3.05, 3.63) is 48.0 Å². The predicted octanol–water partition coefficient (Wildman–Crippen LogP) is 4.70. The monoisotopic (exact) mass is 408 g/mol. The Morgan fingerprint density at radius 1 is 1.31 bits per heavy atom. The lowest BCUT2D eigenvalue weighted by Crippen LogP contribution is -2.37. The maximum atomic E-state index is 13.1. The van der Waals surface area contributed by atoms with Crippen LogP contribution in [0.15, 0.2) is 47.6 Å². The summed E-state index contributed by atoms with van der Waals surface area (Å²) < 4.78 is 5.53. The number of hydrogen-bond donors (Lipinski definition) is 1. The quantitative estimate of drug-likeness (QED) is 0.547. The molecule has 3 rings (SSSR count). The van der Waals surface area contributed by atoms with Gasteiger partial charge in [-0.25, -0.2) is 4.98 Å². The number of imidazole rings is 1. The number of nitriles is 1. The Morgan fingerprint density at radius 2 is 2.07 bits per heavy atom. The van der Waals surface area contributed by atoms with Gasteiger partial charge in [-0.1, -0.05) is 29.5 Å². The third kappa shape index (κ3) is 5.09. The first-order valence-corrected chi connectivity index (χ1v) is 10.4. The van der Waals surface area contributed by atoms with Crippen LogP contribution in [0.1, 0.15) is 25.8 Å². The molecule has 3 aromatic rings. The van der Waals surface area contributed by atoms with Gasteiger partial charge in [0, 0.05) is 18.3 Å². The lowest BCUT2D eigenvalue weighted by Gasteiger charge is -2.24. The van der Waals surface area contributed by atoms with Crippen LogP contribution in [0.25, 0.3) is 11.0 Å². The van der Waals surface area contributed by atoms with Crippen molar-refractivity contribution >= 4 is 34.4 Å². The predicted molar refractivity (Wildman–Crippen MR) is 116 cm³/mol. The molecule has 150 valence electrons. The third-order valence-corrected chi connectivity index (χ3v) is 5.41. The molecule has 0 fully saturated rings. The fourth-order valence-corrected chi connectivity index (χ4v) is 3.85. The van der Waals surface area contributed by atoms with Gasteiger partial charge in [0.2, 0.25) is 5.91 Å². The molecule has 0 saturated heterocycles. The zero-order valence-corrected chi connectivity index (χ0v) is 17.6. The molecule has 0 aliphatic carbocycles. The Morgan fingerprint density at radius 3 is 2.76 bits per heavy atom. The maximum absolute atomic E-state index is 13.1. The topological polar surface area (TPSA) is 82.0 Å². The summed E-state index contributed by atoms with van der Waals surface area (Å²) in [6, 6.07) is 15.6. The highest BCUT2D eigenvalue weighted by atomic mass is 32.2. The number of aromatic amines is 1. The molecule has 6 nitrogen and oxygen atoms in total. The van der Waals surface area contributed by atoms with E-state index in [-0.39, 0.29) is 17.6 Å². The summed E-state index contributed by atoms with van der Waals surface area (Å²) >= 11 is 1.37. The number of carbonyl (C=O) groups is 1. The molecule has 1 heterocycles. The van der Waals surface area contributed by atoms with Crippen LogP contribution in [0.4, 0.5) is 5.69 Å². The van der Waals surface area contributed by atoms with Gasteiger partial charge in [-0.15, -0.1) is 0 Å². The molecule has 1 N–H and O–H groups in total. The number of rotatable bonds is 8. The minimum Gasteiger partial charge on any atom is -0.494 e. The van der Waals surface area contributed by atoms with Gasteiger partial charge in [-0.3, -0.25) is 4.79 Å². The molecule has 7 heteroatoms. The van der Waals surface area contributed by atoms with E-state index in [1.807, 2.05) is 63.2 Å². The first kappa shape index (κ1) is 20.7. The van der Waals surface area contributed by atoms with Crippen LogP contribution in [0, 0.1) is 18.3 Å². The molecule has 0 bridgehead atoms. The van der Waals surface area contributed by atoms with Gasteiger partial charge < -0.3 is 14.6 Å². The largest absolute Gasteiger partial charge is 0.494 e. The summed E-state index contributed by atoms with van der Waals surface area (Å²) in [4.78, 5) is 22.6. The van der Waals surface area contributed by atoms with Gasteiger partial charge in [0.15, 0.2) is 5.16 Å². The number of benzene rings is 2. The van der Waals surface area contributed by atoms with Crippen LogP contribution < -0.4 is 9.64 Å². The minimum atomic E-state index is -0.359. The number of thioether (sulfide) groups is 1. The normalized spacial score (nSPS) is 11.8. The summed E-state index contributed by atoms with van der Waals surface area (Å²) in [5, 5.41) is 9.30. The second kappa shape index (κ2) is 9.48. The summed E-state index contributed by atoms with van der Waals surface area (Å²) in [5.74, 6) is 0.732. The minimum absolute atomic E-state index is 0.0513. The maximum Gasteiger partial charge on any atom is 0.240 e. The smallest absolute Gasteiger partial charge is 0.240 e. The number of hydrogen-bond acceptors (Lipinski definition) is 5. The standard InChI is InChI=1S/C22H24N4O2S/c1-4-28-18-10-11-19-20(14-18)25-22(24-19)29-16(3)21(27)26(13-5-12-23)17-8-6-15(2)7-9-17/h6-11,14,16H,4-5,13H2,1-3H3,(H,24,25). The summed E-state index contributed by atoms with van der Waals surface area (Å²) in [5.41, 5.74) is 3.63. The second-order valence-electron chi connectivity index (χ2n) is 6.65. The Bertz CT molecular complexity index is 1020. The van der Waals surface area contributed by atoms with E-state index in [9.17, 15) is 4.79 Å². The van der Waals surface area contributed by atoms with Gasteiger partial charge in [0.05, 0.1) is 35.4 Å². The van der Waals surface area contributed by atoms with E-state index in [1.54, 1.807) is 4.90 Å². The molecule has 1 atom stereocenters. The molecule has 1 unspecified atom stereocenters. The first-order valence-electron chi connectivity index (χ1n) is 9.56. The van der Waals surface area contributed by atoms with Crippen LogP contribution in [-0.4, -0.2) is 34.3 Å². The molecular weight excluding hydrogens is 384 g/mol. The highest BCUT2D eigenvalue weighted by Crippen LogP contribution is 2.28. The van der Waals surface area contributed by atoms with Gasteiger partial charge in [0.1, 0.15) is 5.75 Å². The van der Waals surface area contributed by atoms with Crippen molar-refractivity contribution in [3.63, 3.8) is 0 Å². The van der Waals surface area contributed by atoms with E-state index in [0.717, 1.165) is 28.0 Å². The number of amides is 1. The fraction of sp³-hybridized carbons (Fsp3) is 0.318. The average Bonchev–Trinajstić information content (AvgIpc) is 3.11. The van der Waals surface area contributed by atoms with Crippen molar-refractivity contribution in [1.29, 1.82) is 5.26 Å². The number of fused-ring (bicyclic) bond motifs is 1. The zero-order valence-electron chi connectivity index (χ0n) is 16.8. The number of H-pyrrole nitrogens is 1. The highest BCUT2D eigenvalue weighted by molar-refractivity contribution is 8.00. The van der Waals surface area contributed by atoms with Crippen molar-refractivity contribution in [2.75, 3.05) is 18.1 Å². The number of nitrogens with one attached hydrogen (secondary N) is 1. The van der Waals surface area contributed by atoms with Crippen molar-refractivity contribution < 1.29 is 9.53 Å². The number of aryl methyl sites for hydroxylation is 1. The molecule has 29 heavy (non-hydrogen) atoms. The zero-order chi connectivity index (χ0) is 20.8. The van der Waals surface area contributed by atoms with Crippen molar-refractivity contribution in [1.82, 2.24) is 9.97 Å². The van der Waals surface area contributed by atoms with Gasteiger partial charge in [-0.2, -0.15) is 5.26 Å². The van der Waals surface area contributed by atoms with Crippen LogP contribution in [-0.2, 0) is 4.79 Å². The molecule has 1 aromatic heterocycles. The van der Waals surface area contributed by atoms with E-state index in [0.29, 0.717) is 18.3 Å². The lowest BCUT2D eigenvalue weighted by molar-refractivity contribution is -0.117. The van der Waals surface area contributed by atoms with Crippen molar-refractivity contribution in [2.45, 2.75) is 37.6 Å². The number of aromatic nitrogens is 2. The second-order valence-corrected chi connectivity index (χ2v) is 7.98. The van der Waals surface area contributed by atoms with Crippen LogP contribution in [0.3, 0.4) is 0 Å². The fourth-order valence-electron chi connectivity index (χ4n) is 2.97. The van der Waals surface area contributed by atoms with Crippen LogP contribution in [0.2, 0.25) is 0 Å². The van der Waals surface area contributed by atoms with Crippen molar-refractivity contribution in [3.8, 4) is 11.8 Å².